The molecular formula is C17H18ClNO2. The second-order valence-corrected chi connectivity index (χ2v) is 5.58. The fourth-order valence-corrected chi connectivity index (χ4v) is 2.30. The van der Waals surface area contributed by atoms with Crippen LogP contribution in [0.5, 0.6) is 5.75 Å². The number of phenolic OH excluding ortho intramolecular Hbond substituents is 1. The van der Waals surface area contributed by atoms with Crippen LogP contribution in [0, 0.1) is 0 Å². The van der Waals surface area contributed by atoms with Crippen LogP contribution in [0.1, 0.15) is 29.8 Å². The van der Waals surface area contributed by atoms with E-state index in [1.165, 1.54) is 18.2 Å². The van der Waals surface area contributed by atoms with Gasteiger partial charge in [0.05, 0.1) is 10.6 Å². The van der Waals surface area contributed by atoms with Crippen molar-refractivity contribution < 1.29 is 9.90 Å². The fraction of sp³-hybridized carbons (Fsp3) is 0.235. The van der Waals surface area contributed by atoms with Gasteiger partial charge in [0, 0.05) is 12.6 Å². The number of rotatable bonds is 4. The zero-order valence-electron chi connectivity index (χ0n) is 12.1. The molecule has 0 saturated carbocycles. The summed E-state index contributed by atoms with van der Waals surface area (Å²) in [5, 5.41) is 9.91. The first-order chi connectivity index (χ1) is 9.99. The predicted octanol–water partition coefficient (Wildman–Crippen LogP) is 4.10. The Bertz CT molecular complexity index is 626. The maximum atomic E-state index is 12.7. The Morgan fingerprint density at radius 1 is 1.19 bits per heavy atom. The zero-order chi connectivity index (χ0) is 15.4. The molecule has 0 unspecified atom stereocenters. The van der Waals surface area contributed by atoms with Crippen molar-refractivity contribution in [3.63, 3.8) is 0 Å². The number of nitrogens with zero attached hydrogens (tertiary/aromatic N) is 1. The van der Waals surface area contributed by atoms with Crippen LogP contribution in [-0.4, -0.2) is 22.0 Å². The number of hydrogen-bond acceptors (Lipinski definition) is 2. The summed E-state index contributed by atoms with van der Waals surface area (Å²) in [4.78, 5) is 14.4. The average molecular weight is 304 g/mol. The van der Waals surface area contributed by atoms with Gasteiger partial charge >= 0.3 is 0 Å². The van der Waals surface area contributed by atoms with Crippen LogP contribution in [0.3, 0.4) is 0 Å². The lowest BCUT2D eigenvalue weighted by molar-refractivity contribution is 0.0690. The van der Waals surface area contributed by atoms with Gasteiger partial charge in [0.15, 0.2) is 0 Å². The van der Waals surface area contributed by atoms with Crippen molar-refractivity contribution in [1.29, 1.82) is 0 Å². The number of halogens is 1. The van der Waals surface area contributed by atoms with E-state index in [1.807, 2.05) is 44.2 Å². The number of hydrogen-bond donors (Lipinski definition) is 1. The average Bonchev–Trinajstić information content (AvgIpc) is 2.47. The van der Waals surface area contributed by atoms with E-state index in [-0.39, 0.29) is 17.7 Å². The minimum absolute atomic E-state index is 0.0242. The highest BCUT2D eigenvalue weighted by Gasteiger charge is 2.21. The minimum atomic E-state index is -0.185. The molecule has 1 N–H and O–H groups in total. The molecule has 0 heterocycles. The molecule has 0 atom stereocenters. The first-order valence-electron chi connectivity index (χ1n) is 6.82. The molecule has 2 aromatic rings. The molecule has 21 heavy (non-hydrogen) atoms. The van der Waals surface area contributed by atoms with Gasteiger partial charge in [0.25, 0.3) is 5.91 Å². The number of benzene rings is 2. The van der Waals surface area contributed by atoms with Gasteiger partial charge in [-0.1, -0.05) is 41.9 Å². The van der Waals surface area contributed by atoms with E-state index < -0.39 is 0 Å². The number of carbonyl (C=O) groups is 1. The predicted molar refractivity (Wildman–Crippen MR) is 84.6 cm³/mol. The fourth-order valence-electron chi connectivity index (χ4n) is 2.10. The molecule has 0 saturated heterocycles. The monoisotopic (exact) mass is 303 g/mol. The summed E-state index contributed by atoms with van der Waals surface area (Å²) >= 11 is 6.08. The Hall–Kier alpha value is -2.00. The lowest BCUT2D eigenvalue weighted by atomic mass is 10.1. The molecule has 0 aromatic heterocycles. The van der Waals surface area contributed by atoms with Crippen LogP contribution in [0.25, 0.3) is 0 Å². The first-order valence-corrected chi connectivity index (χ1v) is 7.20. The van der Waals surface area contributed by atoms with Crippen molar-refractivity contribution in [2.75, 3.05) is 0 Å². The van der Waals surface area contributed by atoms with Crippen molar-refractivity contribution in [1.82, 2.24) is 4.90 Å². The summed E-state index contributed by atoms with van der Waals surface area (Å²) in [6.45, 7) is 4.42. The van der Waals surface area contributed by atoms with Crippen LogP contribution in [0.2, 0.25) is 5.02 Å². The maximum absolute atomic E-state index is 12.7. The van der Waals surface area contributed by atoms with E-state index in [1.54, 1.807) is 4.90 Å². The lowest BCUT2D eigenvalue weighted by Crippen LogP contribution is -2.36. The van der Waals surface area contributed by atoms with Crippen molar-refractivity contribution in [2.24, 2.45) is 0 Å². The SMILES string of the molecule is CC(C)N(Cc1ccccc1)C(=O)c1cc(O)ccc1Cl. The van der Waals surface area contributed by atoms with Crippen molar-refractivity contribution in [2.45, 2.75) is 26.4 Å². The topological polar surface area (TPSA) is 40.5 Å². The third kappa shape index (κ3) is 3.76. The van der Waals surface area contributed by atoms with Gasteiger partial charge in [-0.2, -0.15) is 0 Å². The molecular weight excluding hydrogens is 286 g/mol. The second kappa shape index (κ2) is 6.64. The maximum Gasteiger partial charge on any atom is 0.256 e. The molecule has 2 aromatic carbocycles. The normalized spacial score (nSPS) is 10.7. The summed E-state index contributed by atoms with van der Waals surface area (Å²) in [6.07, 6.45) is 0. The molecule has 1 amide bonds. The third-order valence-electron chi connectivity index (χ3n) is 3.26. The van der Waals surface area contributed by atoms with Crippen LogP contribution < -0.4 is 0 Å². The van der Waals surface area contributed by atoms with E-state index in [4.69, 9.17) is 11.6 Å². The summed E-state index contributed by atoms with van der Waals surface area (Å²) in [6, 6.07) is 14.2. The van der Waals surface area contributed by atoms with Gasteiger partial charge in [0.1, 0.15) is 5.75 Å². The summed E-state index contributed by atoms with van der Waals surface area (Å²) in [5.74, 6) is -0.152. The molecule has 0 aliphatic carbocycles. The van der Waals surface area contributed by atoms with Crippen molar-refractivity contribution in [3.8, 4) is 5.75 Å². The first kappa shape index (κ1) is 15.4. The Morgan fingerprint density at radius 2 is 1.86 bits per heavy atom. The van der Waals surface area contributed by atoms with Crippen molar-refractivity contribution in [3.05, 3.63) is 64.7 Å². The smallest absolute Gasteiger partial charge is 0.256 e. The summed E-state index contributed by atoms with van der Waals surface area (Å²) < 4.78 is 0. The van der Waals surface area contributed by atoms with Gasteiger partial charge in [0.2, 0.25) is 0 Å². The van der Waals surface area contributed by atoms with Crippen LogP contribution >= 0.6 is 11.6 Å². The summed E-state index contributed by atoms with van der Waals surface area (Å²) in [7, 11) is 0. The molecule has 110 valence electrons. The molecule has 0 bridgehead atoms. The van der Waals surface area contributed by atoms with Crippen molar-refractivity contribution >= 4 is 17.5 Å². The van der Waals surface area contributed by atoms with Gasteiger partial charge in [-0.3, -0.25) is 4.79 Å². The molecule has 0 spiro atoms. The molecule has 3 nitrogen and oxygen atoms in total. The molecule has 4 heteroatoms. The Balaban J connectivity index is 2.30. The number of amides is 1. The van der Waals surface area contributed by atoms with E-state index >= 15 is 0 Å². The van der Waals surface area contributed by atoms with Gasteiger partial charge in [-0.25, -0.2) is 0 Å². The highest BCUT2D eigenvalue weighted by molar-refractivity contribution is 6.33. The minimum Gasteiger partial charge on any atom is -0.508 e. The molecule has 0 aliphatic rings. The quantitative estimate of drug-likeness (QED) is 0.924. The van der Waals surface area contributed by atoms with Gasteiger partial charge in [-0.15, -0.1) is 0 Å². The third-order valence-corrected chi connectivity index (χ3v) is 3.59. The number of carbonyl (C=O) groups excluding carboxylic acids is 1. The molecule has 0 fully saturated rings. The Kier molecular flexibility index (Phi) is 4.86. The van der Waals surface area contributed by atoms with Crippen LogP contribution in [0.15, 0.2) is 48.5 Å². The van der Waals surface area contributed by atoms with Gasteiger partial charge < -0.3 is 10.0 Å². The highest BCUT2D eigenvalue weighted by atomic mass is 35.5. The lowest BCUT2D eigenvalue weighted by Gasteiger charge is -2.27. The largest absolute Gasteiger partial charge is 0.508 e. The van der Waals surface area contributed by atoms with E-state index in [2.05, 4.69) is 0 Å². The van der Waals surface area contributed by atoms with E-state index in [9.17, 15) is 9.90 Å². The molecule has 0 radical (unpaired) electrons. The van der Waals surface area contributed by atoms with E-state index in [0.717, 1.165) is 5.56 Å². The zero-order valence-corrected chi connectivity index (χ0v) is 12.8. The van der Waals surface area contributed by atoms with Gasteiger partial charge in [-0.05, 0) is 37.6 Å². The molecule has 0 aliphatic heterocycles. The Labute approximate surface area is 129 Å². The summed E-state index contributed by atoms with van der Waals surface area (Å²) in [5.41, 5.74) is 1.37. The van der Waals surface area contributed by atoms with E-state index in [0.29, 0.717) is 17.1 Å². The highest BCUT2D eigenvalue weighted by Crippen LogP contribution is 2.24. The second-order valence-electron chi connectivity index (χ2n) is 5.18. The standard InChI is InChI=1S/C17H18ClNO2/c1-12(2)19(11-13-6-4-3-5-7-13)17(21)15-10-14(20)8-9-16(15)18/h3-10,12,20H,11H2,1-2H3. The molecule has 2 rings (SSSR count). The Morgan fingerprint density at radius 3 is 2.48 bits per heavy atom. The van der Waals surface area contributed by atoms with Crippen LogP contribution in [0.4, 0.5) is 0 Å². The van der Waals surface area contributed by atoms with Crippen LogP contribution in [-0.2, 0) is 6.54 Å². The number of phenols is 1. The number of aromatic hydroxyl groups is 1.